The summed E-state index contributed by atoms with van der Waals surface area (Å²) in [5.41, 5.74) is 6.59. The van der Waals surface area contributed by atoms with Crippen LogP contribution in [0.4, 0.5) is 5.82 Å². The van der Waals surface area contributed by atoms with E-state index in [2.05, 4.69) is 10.2 Å². The fourth-order valence-corrected chi connectivity index (χ4v) is 4.31. The number of aromatic nitrogens is 3. The highest BCUT2D eigenvalue weighted by Gasteiger charge is 2.29. The van der Waals surface area contributed by atoms with Crippen LogP contribution in [0.2, 0.25) is 0 Å². The number of rotatable bonds is 2. The highest BCUT2D eigenvalue weighted by Crippen LogP contribution is 2.23. The first kappa shape index (κ1) is 11.5. The zero-order valence-corrected chi connectivity index (χ0v) is 10.6. The van der Waals surface area contributed by atoms with Crippen LogP contribution in [0.5, 0.6) is 0 Å². The fraction of sp³-hybridized carbons (Fsp3) is 0.455. The Hall–Kier alpha value is -1.63. The minimum Gasteiger partial charge on any atom is -0.385 e. The average molecular weight is 266 g/mol. The van der Waals surface area contributed by atoms with E-state index in [0.717, 1.165) is 5.82 Å². The molecule has 3 rings (SSSR count). The third-order valence-corrected chi connectivity index (χ3v) is 5.16. The van der Waals surface area contributed by atoms with Crippen LogP contribution in [0.15, 0.2) is 18.2 Å². The van der Waals surface area contributed by atoms with Gasteiger partial charge in [-0.2, -0.15) is 0 Å². The molecule has 1 fully saturated rings. The largest absolute Gasteiger partial charge is 0.385 e. The van der Waals surface area contributed by atoms with Gasteiger partial charge in [0.05, 0.1) is 11.5 Å². The van der Waals surface area contributed by atoms with Gasteiger partial charge in [-0.25, -0.2) is 8.42 Å². The summed E-state index contributed by atoms with van der Waals surface area (Å²) in [5, 5.41) is 8.15. The van der Waals surface area contributed by atoms with Gasteiger partial charge >= 0.3 is 0 Å². The maximum atomic E-state index is 11.4. The molecule has 1 unspecified atom stereocenters. The van der Waals surface area contributed by atoms with Crippen molar-refractivity contribution in [1.29, 1.82) is 0 Å². The molecule has 0 aliphatic carbocycles. The van der Waals surface area contributed by atoms with Crippen molar-refractivity contribution >= 4 is 21.3 Å². The van der Waals surface area contributed by atoms with Crippen molar-refractivity contribution in [1.82, 2.24) is 14.6 Å². The predicted octanol–water partition coefficient (Wildman–Crippen LogP) is 0.289. The van der Waals surface area contributed by atoms with Gasteiger partial charge in [0.2, 0.25) is 0 Å². The first-order chi connectivity index (χ1) is 8.55. The Morgan fingerprint density at radius 2 is 2.22 bits per heavy atom. The lowest BCUT2D eigenvalue weighted by Crippen LogP contribution is -2.10. The molecule has 7 heteroatoms. The highest BCUT2D eigenvalue weighted by atomic mass is 32.2. The Labute approximate surface area is 105 Å². The second-order valence-electron chi connectivity index (χ2n) is 4.73. The van der Waals surface area contributed by atoms with E-state index in [1.54, 1.807) is 10.5 Å². The van der Waals surface area contributed by atoms with Gasteiger partial charge in [-0.1, -0.05) is 6.07 Å². The second-order valence-corrected chi connectivity index (χ2v) is 6.96. The van der Waals surface area contributed by atoms with Crippen molar-refractivity contribution in [2.24, 2.45) is 5.92 Å². The molecular formula is C11H14N4O2S. The predicted molar refractivity (Wildman–Crippen MR) is 67.9 cm³/mol. The smallest absolute Gasteiger partial charge is 0.162 e. The fourth-order valence-electron chi connectivity index (χ4n) is 2.45. The third kappa shape index (κ3) is 1.94. The second kappa shape index (κ2) is 3.94. The molecule has 96 valence electrons. The molecule has 0 aromatic carbocycles. The number of hydrogen-bond donors (Lipinski definition) is 1. The molecule has 1 aliphatic rings. The van der Waals surface area contributed by atoms with Crippen LogP contribution in [0, 0.1) is 5.92 Å². The van der Waals surface area contributed by atoms with Gasteiger partial charge in [0, 0.05) is 6.42 Å². The summed E-state index contributed by atoms with van der Waals surface area (Å²) in [6, 6.07) is 5.44. The molecule has 0 radical (unpaired) electrons. The molecule has 3 heterocycles. The van der Waals surface area contributed by atoms with Gasteiger partial charge in [0.1, 0.15) is 11.6 Å². The van der Waals surface area contributed by atoms with E-state index in [1.165, 1.54) is 0 Å². The Bertz CT molecular complexity index is 692. The van der Waals surface area contributed by atoms with Crippen molar-refractivity contribution in [3.05, 3.63) is 24.0 Å². The molecule has 2 N–H and O–H groups in total. The summed E-state index contributed by atoms with van der Waals surface area (Å²) in [6.07, 6.45) is 1.30. The summed E-state index contributed by atoms with van der Waals surface area (Å²) < 4.78 is 24.6. The van der Waals surface area contributed by atoms with E-state index in [0.29, 0.717) is 24.3 Å². The van der Waals surface area contributed by atoms with E-state index in [4.69, 9.17) is 5.73 Å². The molecule has 2 aromatic rings. The normalized spacial score (nSPS) is 22.6. The Kier molecular flexibility index (Phi) is 2.51. The quantitative estimate of drug-likeness (QED) is 0.843. The number of nitrogen functional groups attached to an aromatic ring is 1. The molecule has 1 atom stereocenters. The molecule has 0 saturated carbocycles. The van der Waals surface area contributed by atoms with Gasteiger partial charge in [0.15, 0.2) is 15.5 Å². The molecule has 0 amide bonds. The third-order valence-electron chi connectivity index (χ3n) is 3.32. The molecule has 0 bridgehead atoms. The zero-order chi connectivity index (χ0) is 12.8. The van der Waals surface area contributed by atoms with Crippen molar-refractivity contribution < 1.29 is 8.42 Å². The summed E-state index contributed by atoms with van der Waals surface area (Å²) in [4.78, 5) is 0. The summed E-state index contributed by atoms with van der Waals surface area (Å²) in [7, 11) is -2.85. The van der Waals surface area contributed by atoms with Crippen molar-refractivity contribution in [3.8, 4) is 0 Å². The SMILES string of the molecule is Nc1cccc2nnc(CC3CCS(=O)(=O)C3)n12. The molecule has 0 spiro atoms. The lowest BCUT2D eigenvalue weighted by molar-refractivity contribution is 0.566. The number of nitrogens with zero attached hydrogens (tertiary/aromatic N) is 3. The molecular weight excluding hydrogens is 252 g/mol. The highest BCUT2D eigenvalue weighted by molar-refractivity contribution is 7.91. The minimum absolute atomic E-state index is 0.127. The van der Waals surface area contributed by atoms with Crippen LogP contribution in [-0.4, -0.2) is 34.5 Å². The van der Waals surface area contributed by atoms with Crippen molar-refractivity contribution in [2.45, 2.75) is 12.8 Å². The topological polar surface area (TPSA) is 90.3 Å². The lowest BCUT2D eigenvalue weighted by Gasteiger charge is -2.07. The van der Waals surface area contributed by atoms with Crippen molar-refractivity contribution in [3.63, 3.8) is 0 Å². The Morgan fingerprint density at radius 3 is 2.94 bits per heavy atom. The maximum Gasteiger partial charge on any atom is 0.162 e. The lowest BCUT2D eigenvalue weighted by atomic mass is 10.1. The van der Waals surface area contributed by atoms with Gasteiger partial charge in [-0.3, -0.25) is 4.40 Å². The van der Waals surface area contributed by atoms with E-state index >= 15 is 0 Å². The number of fused-ring (bicyclic) bond motifs is 1. The first-order valence-electron chi connectivity index (χ1n) is 5.84. The van der Waals surface area contributed by atoms with Crippen LogP contribution in [0.1, 0.15) is 12.2 Å². The monoisotopic (exact) mass is 266 g/mol. The molecule has 1 saturated heterocycles. The van der Waals surface area contributed by atoms with Crippen LogP contribution < -0.4 is 5.73 Å². The van der Waals surface area contributed by atoms with E-state index < -0.39 is 9.84 Å². The standard InChI is InChI=1S/C11H14N4O2S/c12-9-2-1-3-10-13-14-11(15(9)10)6-8-4-5-18(16,17)7-8/h1-3,8H,4-7,12H2. The summed E-state index contributed by atoms with van der Waals surface area (Å²) in [5.74, 6) is 1.97. The zero-order valence-electron chi connectivity index (χ0n) is 9.78. The maximum absolute atomic E-state index is 11.4. The van der Waals surface area contributed by atoms with Crippen LogP contribution in [0.25, 0.3) is 5.65 Å². The number of sulfone groups is 1. The van der Waals surface area contributed by atoms with Crippen LogP contribution in [0.3, 0.4) is 0 Å². The molecule has 6 nitrogen and oxygen atoms in total. The minimum atomic E-state index is -2.85. The van der Waals surface area contributed by atoms with Gasteiger partial charge in [0.25, 0.3) is 0 Å². The molecule has 1 aliphatic heterocycles. The summed E-state index contributed by atoms with van der Waals surface area (Å²) in [6.45, 7) is 0. The Balaban J connectivity index is 1.92. The molecule has 2 aromatic heterocycles. The van der Waals surface area contributed by atoms with Crippen LogP contribution >= 0.6 is 0 Å². The van der Waals surface area contributed by atoms with E-state index in [9.17, 15) is 8.42 Å². The number of pyridine rings is 1. The van der Waals surface area contributed by atoms with Crippen LogP contribution in [-0.2, 0) is 16.3 Å². The number of anilines is 1. The summed E-state index contributed by atoms with van der Waals surface area (Å²) >= 11 is 0. The average Bonchev–Trinajstić information content (AvgIpc) is 2.85. The number of nitrogens with two attached hydrogens (primary N) is 1. The number of hydrogen-bond acceptors (Lipinski definition) is 5. The van der Waals surface area contributed by atoms with Gasteiger partial charge < -0.3 is 5.73 Å². The van der Waals surface area contributed by atoms with E-state index in [1.807, 2.05) is 12.1 Å². The van der Waals surface area contributed by atoms with Gasteiger partial charge in [-0.15, -0.1) is 10.2 Å². The first-order valence-corrected chi connectivity index (χ1v) is 7.66. The van der Waals surface area contributed by atoms with Crippen molar-refractivity contribution in [2.75, 3.05) is 17.2 Å². The molecule has 18 heavy (non-hydrogen) atoms. The Morgan fingerprint density at radius 1 is 1.39 bits per heavy atom. The van der Waals surface area contributed by atoms with Gasteiger partial charge in [-0.05, 0) is 24.5 Å². The van der Waals surface area contributed by atoms with E-state index in [-0.39, 0.29) is 17.4 Å².